The summed E-state index contributed by atoms with van der Waals surface area (Å²) in [5, 5.41) is 3.58. The summed E-state index contributed by atoms with van der Waals surface area (Å²) < 4.78 is 12.0. The highest BCUT2D eigenvalue weighted by Crippen LogP contribution is 2.39. The second-order valence-electron chi connectivity index (χ2n) is 5.50. The maximum Gasteiger partial charge on any atom is 0.263 e. The van der Waals surface area contributed by atoms with Crippen LogP contribution in [0.15, 0.2) is 41.3 Å². The van der Waals surface area contributed by atoms with Crippen LogP contribution in [-0.2, 0) is 11.4 Å². The van der Waals surface area contributed by atoms with Crippen molar-refractivity contribution in [3.05, 3.63) is 62.5 Å². The number of amides is 1. The monoisotopic (exact) mass is 439 g/mol. The average Bonchev–Trinajstić information content (AvgIpc) is 2.93. The van der Waals surface area contributed by atoms with Crippen molar-refractivity contribution >= 4 is 63.5 Å². The second-order valence-corrected chi connectivity index (χ2v) is 8.03. The fourth-order valence-corrected chi connectivity index (χ4v) is 3.92. The Balaban J connectivity index is 1.88. The van der Waals surface area contributed by atoms with E-state index in [1.165, 1.54) is 11.8 Å². The molecule has 1 saturated heterocycles. The van der Waals surface area contributed by atoms with Gasteiger partial charge in [-0.05, 0) is 36.8 Å². The number of hydrogen-bond donors (Lipinski definition) is 1. The van der Waals surface area contributed by atoms with E-state index in [0.717, 1.165) is 11.1 Å². The summed E-state index contributed by atoms with van der Waals surface area (Å²) in [6.45, 7) is 2.57. The third-order valence-electron chi connectivity index (χ3n) is 3.60. The first kappa shape index (κ1) is 20.0. The van der Waals surface area contributed by atoms with Crippen LogP contribution in [0.5, 0.6) is 11.5 Å². The normalized spacial score (nSPS) is 15.1. The molecule has 140 valence electrons. The Kier molecular flexibility index (Phi) is 6.65. The molecule has 0 unspecified atom stereocenters. The Morgan fingerprint density at radius 2 is 1.96 bits per heavy atom. The Labute approximate surface area is 176 Å². The van der Waals surface area contributed by atoms with E-state index in [2.05, 4.69) is 5.32 Å². The van der Waals surface area contributed by atoms with Crippen LogP contribution in [0.1, 0.15) is 18.1 Å². The van der Waals surface area contributed by atoms with Gasteiger partial charge in [-0.15, -0.1) is 0 Å². The van der Waals surface area contributed by atoms with Gasteiger partial charge >= 0.3 is 0 Å². The van der Waals surface area contributed by atoms with Crippen LogP contribution in [-0.4, -0.2) is 16.8 Å². The molecule has 0 radical (unpaired) electrons. The number of carbonyl (C=O) groups is 1. The van der Waals surface area contributed by atoms with Crippen LogP contribution < -0.4 is 14.8 Å². The van der Waals surface area contributed by atoms with Crippen molar-refractivity contribution in [2.75, 3.05) is 6.61 Å². The second kappa shape index (κ2) is 8.97. The van der Waals surface area contributed by atoms with Gasteiger partial charge in [0.15, 0.2) is 11.5 Å². The number of rotatable bonds is 6. The smallest absolute Gasteiger partial charge is 0.263 e. The van der Waals surface area contributed by atoms with Crippen LogP contribution in [0.3, 0.4) is 0 Å². The maximum absolute atomic E-state index is 11.9. The molecule has 1 N–H and O–H groups in total. The molecule has 3 rings (SSSR count). The lowest BCUT2D eigenvalue weighted by molar-refractivity contribution is -0.115. The van der Waals surface area contributed by atoms with E-state index < -0.39 is 0 Å². The number of hydrogen-bond acceptors (Lipinski definition) is 5. The van der Waals surface area contributed by atoms with Crippen LogP contribution >= 0.6 is 47.2 Å². The minimum Gasteiger partial charge on any atom is -0.490 e. The van der Waals surface area contributed by atoms with Gasteiger partial charge in [-0.2, -0.15) is 0 Å². The molecule has 8 heteroatoms. The van der Waals surface area contributed by atoms with E-state index >= 15 is 0 Å². The fourth-order valence-electron chi connectivity index (χ4n) is 2.41. The van der Waals surface area contributed by atoms with Gasteiger partial charge in [-0.25, -0.2) is 0 Å². The molecule has 4 nitrogen and oxygen atoms in total. The van der Waals surface area contributed by atoms with Crippen molar-refractivity contribution in [2.24, 2.45) is 0 Å². The van der Waals surface area contributed by atoms with Gasteiger partial charge in [0.05, 0.1) is 16.5 Å². The SMILES string of the molecule is CCOc1cc(/C=C2\SC(=S)NC2=O)cc(Cl)c1OCc1ccccc1Cl. The molecular formula is C19H15Cl2NO3S2. The minimum absolute atomic E-state index is 0.224. The number of thioether (sulfide) groups is 1. The molecule has 1 aliphatic rings. The molecule has 0 saturated carbocycles. The van der Waals surface area contributed by atoms with Gasteiger partial charge in [0.25, 0.3) is 5.91 Å². The molecule has 1 heterocycles. The Morgan fingerprint density at radius 1 is 1.19 bits per heavy atom. The van der Waals surface area contributed by atoms with Crippen molar-refractivity contribution in [1.29, 1.82) is 0 Å². The van der Waals surface area contributed by atoms with Crippen LogP contribution in [0.2, 0.25) is 10.0 Å². The van der Waals surface area contributed by atoms with Gasteiger partial charge in [0.1, 0.15) is 10.9 Å². The number of thiocarbonyl (C=S) groups is 1. The van der Waals surface area contributed by atoms with E-state index in [1.54, 1.807) is 24.3 Å². The maximum atomic E-state index is 11.9. The number of halogens is 2. The zero-order valence-corrected chi connectivity index (χ0v) is 17.4. The zero-order valence-electron chi connectivity index (χ0n) is 14.3. The molecule has 2 aromatic rings. The summed E-state index contributed by atoms with van der Waals surface area (Å²) in [4.78, 5) is 12.4. The lowest BCUT2D eigenvalue weighted by Crippen LogP contribution is -2.17. The summed E-state index contributed by atoms with van der Waals surface area (Å²) in [5.41, 5.74) is 1.56. The van der Waals surface area contributed by atoms with Crippen LogP contribution in [0.25, 0.3) is 6.08 Å². The largest absolute Gasteiger partial charge is 0.490 e. The molecule has 0 spiro atoms. The number of carbonyl (C=O) groups excluding carboxylic acids is 1. The molecular weight excluding hydrogens is 425 g/mol. The van der Waals surface area contributed by atoms with Gasteiger partial charge < -0.3 is 14.8 Å². The van der Waals surface area contributed by atoms with Crippen LogP contribution in [0, 0.1) is 0 Å². The van der Waals surface area contributed by atoms with Crippen molar-refractivity contribution in [3.8, 4) is 11.5 Å². The first-order valence-electron chi connectivity index (χ1n) is 8.05. The Hall–Kier alpha value is -1.73. The average molecular weight is 440 g/mol. The van der Waals surface area contributed by atoms with Gasteiger partial charge in [0.2, 0.25) is 0 Å². The highest BCUT2D eigenvalue weighted by Gasteiger charge is 2.22. The summed E-state index contributed by atoms with van der Waals surface area (Å²) in [7, 11) is 0. The minimum atomic E-state index is -0.224. The summed E-state index contributed by atoms with van der Waals surface area (Å²) >= 11 is 18.8. The molecule has 1 fully saturated rings. The van der Waals surface area contributed by atoms with E-state index in [0.29, 0.717) is 37.4 Å². The molecule has 0 atom stereocenters. The van der Waals surface area contributed by atoms with Crippen molar-refractivity contribution in [1.82, 2.24) is 5.32 Å². The topological polar surface area (TPSA) is 47.6 Å². The number of nitrogens with one attached hydrogen (secondary N) is 1. The van der Waals surface area contributed by atoms with E-state index in [1.807, 2.05) is 25.1 Å². The molecule has 2 aromatic carbocycles. The number of benzene rings is 2. The lowest BCUT2D eigenvalue weighted by Gasteiger charge is -2.15. The predicted molar refractivity (Wildman–Crippen MR) is 115 cm³/mol. The van der Waals surface area contributed by atoms with Gasteiger partial charge in [-0.1, -0.05) is 65.4 Å². The summed E-state index contributed by atoms with van der Waals surface area (Å²) in [6, 6.07) is 10.9. The van der Waals surface area contributed by atoms with E-state index in [-0.39, 0.29) is 12.5 Å². The summed E-state index contributed by atoms with van der Waals surface area (Å²) in [5.74, 6) is 0.702. The first-order valence-corrected chi connectivity index (χ1v) is 10.0. The van der Waals surface area contributed by atoms with Crippen molar-refractivity contribution in [3.63, 3.8) is 0 Å². The molecule has 0 aromatic heterocycles. The molecule has 27 heavy (non-hydrogen) atoms. The van der Waals surface area contributed by atoms with Gasteiger partial charge in [-0.3, -0.25) is 4.79 Å². The molecule has 1 aliphatic heterocycles. The lowest BCUT2D eigenvalue weighted by atomic mass is 10.1. The van der Waals surface area contributed by atoms with Gasteiger partial charge in [0, 0.05) is 10.6 Å². The van der Waals surface area contributed by atoms with Crippen molar-refractivity contribution < 1.29 is 14.3 Å². The standard InChI is InChI=1S/C19H15Cl2NO3S2/c1-2-24-15-8-11(9-16-18(23)22-19(26)27-16)7-14(21)17(15)25-10-12-5-3-4-6-13(12)20/h3-9H,2,10H2,1H3,(H,22,23,26)/b16-9-. The fraction of sp³-hybridized carbons (Fsp3) is 0.158. The summed E-state index contributed by atoms with van der Waals surface area (Å²) in [6.07, 6.45) is 1.71. The predicted octanol–water partition coefficient (Wildman–Crippen LogP) is 5.46. The van der Waals surface area contributed by atoms with Crippen LogP contribution in [0.4, 0.5) is 0 Å². The third-order valence-corrected chi connectivity index (χ3v) is 5.41. The first-order chi connectivity index (χ1) is 13.0. The highest BCUT2D eigenvalue weighted by atomic mass is 35.5. The number of ether oxygens (including phenoxy) is 2. The Bertz CT molecular complexity index is 931. The third kappa shape index (κ3) is 4.96. The zero-order chi connectivity index (χ0) is 19.4. The quantitative estimate of drug-likeness (QED) is 0.478. The van der Waals surface area contributed by atoms with E-state index in [9.17, 15) is 4.79 Å². The molecule has 0 aliphatic carbocycles. The highest BCUT2D eigenvalue weighted by molar-refractivity contribution is 8.26. The molecule has 0 bridgehead atoms. The van der Waals surface area contributed by atoms with E-state index in [4.69, 9.17) is 44.9 Å². The Morgan fingerprint density at radius 3 is 2.63 bits per heavy atom. The van der Waals surface area contributed by atoms with Crippen molar-refractivity contribution in [2.45, 2.75) is 13.5 Å². The molecule has 1 amide bonds.